The number of aliphatic hydroxyl groups excluding tert-OH is 1. The molecule has 4 nitrogen and oxygen atoms in total. The minimum atomic E-state index is -0.298. The molecule has 0 aliphatic rings. The van der Waals surface area contributed by atoms with Crippen LogP contribution in [0.4, 0.5) is 0 Å². The SMILES string of the molecule is Cc1ccc(C#N)c(S[C@H](C[C@H](N)CO)c2ccccc2)n1. The number of hydrogen-bond donors (Lipinski definition) is 2. The predicted molar refractivity (Wildman–Crippen MR) is 88.4 cm³/mol. The number of nitrogens with two attached hydrogens (primary N) is 1. The smallest absolute Gasteiger partial charge is 0.115 e. The van der Waals surface area contributed by atoms with Crippen molar-refractivity contribution in [3.63, 3.8) is 0 Å². The van der Waals surface area contributed by atoms with Crippen LogP contribution in [0.5, 0.6) is 0 Å². The number of aryl methyl sites for hydroxylation is 1. The maximum Gasteiger partial charge on any atom is 0.115 e. The molecule has 2 rings (SSSR count). The first-order valence-electron chi connectivity index (χ1n) is 7.09. The van der Waals surface area contributed by atoms with E-state index in [2.05, 4.69) is 11.1 Å². The highest BCUT2D eigenvalue weighted by Crippen LogP contribution is 2.38. The molecule has 0 saturated heterocycles. The highest BCUT2D eigenvalue weighted by atomic mass is 32.2. The monoisotopic (exact) mass is 313 g/mol. The first-order chi connectivity index (χ1) is 10.6. The van der Waals surface area contributed by atoms with Gasteiger partial charge in [0.05, 0.1) is 12.2 Å². The largest absolute Gasteiger partial charge is 0.395 e. The van der Waals surface area contributed by atoms with Crippen molar-refractivity contribution >= 4 is 11.8 Å². The van der Waals surface area contributed by atoms with E-state index in [1.54, 1.807) is 6.07 Å². The lowest BCUT2D eigenvalue weighted by Gasteiger charge is -2.20. The number of thioether (sulfide) groups is 1. The Morgan fingerprint density at radius 2 is 2.00 bits per heavy atom. The molecule has 0 aliphatic heterocycles. The number of nitriles is 1. The summed E-state index contributed by atoms with van der Waals surface area (Å²) in [7, 11) is 0. The van der Waals surface area contributed by atoms with Gasteiger partial charge in [0.2, 0.25) is 0 Å². The quantitative estimate of drug-likeness (QED) is 0.801. The molecule has 0 amide bonds. The second kappa shape index (κ2) is 7.95. The number of aliphatic hydroxyl groups is 1. The molecule has 3 N–H and O–H groups in total. The number of nitrogens with zero attached hydrogens (tertiary/aromatic N) is 2. The number of hydrogen-bond acceptors (Lipinski definition) is 5. The van der Waals surface area contributed by atoms with Gasteiger partial charge < -0.3 is 10.8 Å². The van der Waals surface area contributed by atoms with Gasteiger partial charge in [-0.25, -0.2) is 4.98 Å². The Bertz CT molecular complexity index is 655. The minimum Gasteiger partial charge on any atom is -0.395 e. The molecule has 22 heavy (non-hydrogen) atoms. The summed E-state index contributed by atoms with van der Waals surface area (Å²) in [5.41, 5.74) is 8.47. The molecule has 1 aromatic carbocycles. The van der Waals surface area contributed by atoms with Crippen LogP contribution in [0.15, 0.2) is 47.5 Å². The third-order valence-corrected chi connectivity index (χ3v) is 4.58. The van der Waals surface area contributed by atoms with Crippen LogP contribution in [0.2, 0.25) is 0 Å². The van der Waals surface area contributed by atoms with Gasteiger partial charge in [0, 0.05) is 17.0 Å². The average Bonchev–Trinajstić information content (AvgIpc) is 2.55. The van der Waals surface area contributed by atoms with E-state index in [1.165, 1.54) is 11.8 Å². The van der Waals surface area contributed by atoms with Gasteiger partial charge in [-0.15, -0.1) is 0 Å². The third kappa shape index (κ3) is 4.31. The Labute approximate surface area is 135 Å². The van der Waals surface area contributed by atoms with Crippen molar-refractivity contribution in [2.75, 3.05) is 6.61 Å². The minimum absolute atomic E-state index is 0.0461. The zero-order valence-corrected chi connectivity index (χ0v) is 13.3. The van der Waals surface area contributed by atoms with Gasteiger partial charge in [0.15, 0.2) is 0 Å². The molecule has 0 saturated carbocycles. The maximum atomic E-state index is 9.25. The summed E-state index contributed by atoms with van der Waals surface area (Å²) < 4.78 is 0. The van der Waals surface area contributed by atoms with Crippen LogP contribution < -0.4 is 5.73 Å². The van der Waals surface area contributed by atoms with Crippen molar-refractivity contribution in [2.45, 2.75) is 29.7 Å². The summed E-state index contributed by atoms with van der Waals surface area (Å²) in [6.07, 6.45) is 0.617. The van der Waals surface area contributed by atoms with Crippen LogP contribution >= 0.6 is 11.8 Å². The molecule has 2 aromatic rings. The Morgan fingerprint density at radius 1 is 1.27 bits per heavy atom. The van der Waals surface area contributed by atoms with Crippen LogP contribution in [0.1, 0.15) is 28.5 Å². The second-order valence-electron chi connectivity index (χ2n) is 5.11. The third-order valence-electron chi connectivity index (χ3n) is 3.30. The van der Waals surface area contributed by atoms with Crippen LogP contribution in [-0.2, 0) is 0 Å². The number of pyridine rings is 1. The lowest BCUT2D eigenvalue weighted by molar-refractivity contribution is 0.259. The first kappa shape index (κ1) is 16.5. The van der Waals surface area contributed by atoms with E-state index in [4.69, 9.17) is 5.73 Å². The Kier molecular flexibility index (Phi) is 5.96. The summed E-state index contributed by atoms with van der Waals surface area (Å²) in [5, 5.41) is 19.2. The van der Waals surface area contributed by atoms with E-state index in [0.717, 1.165) is 11.3 Å². The molecule has 0 aliphatic carbocycles. The van der Waals surface area contributed by atoms with Gasteiger partial charge in [-0.2, -0.15) is 5.26 Å². The van der Waals surface area contributed by atoms with E-state index in [-0.39, 0.29) is 17.9 Å². The molecule has 0 unspecified atom stereocenters. The van der Waals surface area contributed by atoms with Gasteiger partial charge >= 0.3 is 0 Å². The Morgan fingerprint density at radius 3 is 2.64 bits per heavy atom. The van der Waals surface area contributed by atoms with E-state index in [9.17, 15) is 10.4 Å². The molecule has 0 spiro atoms. The number of aromatic nitrogens is 1. The van der Waals surface area contributed by atoms with Crippen molar-refractivity contribution < 1.29 is 5.11 Å². The zero-order valence-electron chi connectivity index (χ0n) is 12.4. The van der Waals surface area contributed by atoms with Crippen LogP contribution in [-0.4, -0.2) is 22.7 Å². The molecule has 5 heteroatoms. The highest BCUT2D eigenvalue weighted by Gasteiger charge is 2.19. The maximum absolute atomic E-state index is 9.25. The van der Waals surface area contributed by atoms with E-state index in [0.29, 0.717) is 17.0 Å². The lowest BCUT2D eigenvalue weighted by Crippen LogP contribution is -2.26. The predicted octanol–water partition coefficient (Wildman–Crippen LogP) is 2.80. The fourth-order valence-corrected chi connectivity index (χ4v) is 3.46. The molecule has 2 atom stereocenters. The van der Waals surface area contributed by atoms with Crippen LogP contribution in [0.25, 0.3) is 0 Å². The molecule has 114 valence electrons. The standard InChI is InChI=1S/C17H19N3OS/c1-12-7-8-14(10-18)17(20-12)22-16(9-15(19)11-21)13-5-3-2-4-6-13/h2-8,15-16,21H,9,11,19H2,1H3/t15-,16+/m0/s1. The van der Waals surface area contributed by atoms with Gasteiger partial charge in [-0.1, -0.05) is 42.1 Å². The summed E-state index contributed by atoms with van der Waals surface area (Å²) in [4.78, 5) is 4.48. The number of benzene rings is 1. The molecule has 0 fully saturated rings. The summed E-state index contributed by atoms with van der Waals surface area (Å²) >= 11 is 1.53. The second-order valence-corrected chi connectivity index (χ2v) is 6.30. The van der Waals surface area contributed by atoms with Crippen molar-refractivity contribution in [3.05, 3.63) is 59.3 Å². The van der Waals surface area contributed by atoms with E-state index < -0.39 is 0 Å². The Balaban J connectivity index is 2.31. The molecular weight excluding hydrogens is 294 g/mol. The summed E-state index contributed by atoms with van der Waals surface area (Å²) in [5.74, 6) is 0. The van der Waals surface area contributed by atoms with Gasteiger partial charge in [-0.3, -0.25) is 0 Å². The van der Waals surface area contributed by atoms with Gasteiger partial charge in [0.25, 0.3) is 0 Å². The van der Waals surface area contributed by atoms with Crippen molar-refractivity contribution in [1.29, 1.82) is 5.26 Å². The molecule has 1 heterocycles. The number of rotatable bonds is 6. The van der Waals surface area contributed by atoms with Gasteiger partial charge in [0.1, 0.15) is 11.1 Å². The topological polar surface area (TPSA) is 82.9 Å². The van der Waals surface area contributed by atoms with Crippen LogP contribution in [0.3, 0.4) is 0 Å². The average molecular weight is 313 g/mol. The highest BCUT2D eigenvalue weighted by molar-refractivity contribution is 7.99. The summed E-state index contributed by atoms with van der Waals surface area (Å²) in [6, 6.07) is 15.5. The lowest BCUT2D eigenvalue weighted by atomic mass is 10.1. The molecular formula is C17H19N3OS. The van der Waals surface area contributed by atoms with E-state index >= 15 is 0 Å². The first-order valence-corrected chi connectivity index (χ1v) is 7.97. The fraction of sp³-hybridized carbons (Fsp3) is 0.294. The zero-order chi connectivity index (χ0) is 15.9. The fourth-order valence-electron chi connectivity index (χ4n) is 2.11. The summed E-state index contributed by atoms with van der Waals surface area (Å²) in [6.45, 7) is 1.85. The van der Waals surface area contributed by atoms with Gasteiger partial charge in [-0.05, 0) is 31.0 Å². The molecule has 1 aromatic heterocycles. The van der Waals surface area contributed by atoms with E-state index in [1.807, 2.05) is 43.3 Å². The normalized spacial score (nSPS) is 13.4. The van der Waals surface area contributed by atoms with Crippen molar-refractivity contribution in [2.24, 2.45) is 5.73 Å². The molecule has 0 bridgehead atoms. The molecule has 0 radical (unpaired) electrons. The van der Waals surface area contributed by atoms with Crippen molar-refractivity contribution in [1.82, 2.24) is 4.98 Å². The Hall–Kier alpha value is -1.87. The van der Waals surface area contributed by atoms with Crippen LogP contribution in [0, 0.1) is 18.3 Å². The van der Waals surface area contributed by atoms with Crippen molar-refractivity contribution in [3.8, 4) is 6.07 Å².